The maximum Gasteiger partial charge on any atom is 0.307 e. The first-order chi connectivity index (χ1) is 14.7. The van der Waals surface area contributed by atoms with Gasteiger partial charge in [-0.25, -0.2) is 0 Å². The molecule has 1 aromatic carbocycles. The molecule has 7 heteroatoms. The summed E-state index contributed by atoms with van der Waals surface area (Å²) in [4.78, 5) is 25.8. The maximum atomic E-state index is 11.8. The van der Waals surface area contributed by atoms with Gasteiger partial charge >= 0.3 is 5.97 Å². The van der Waals surface area contributed by atoms with Gasteiger partial charge in [-0.15, -0.1) is 0 Å². The highest BCUT2D eigenvalue weighted by Gasteiger charge is 2.41. The molecule has 7 nitrogen and oxygen atoms in total. The van der Waals surface area contributed by atoms with Crippen molar-refractivity contribution < 1.29 is 24.2 Å². The zero-order valence-electron chi connectivity index (χ0n) is 19.1. The molecule has 0 aromatic heterocycles. The van der Waals surface area contributed by atoms with Crippen LogP contribution >= 0.6 is 0 Å². The number of piperidine rings is 1. The molecule has 0 spiro atoms. The minimum absolute atomic E-state index is 0.101. The molecule has 1 fully saturated rings. The normalized spacial score (nSPS) is 24.2. The Labute approximate surface area is 184 Å². The van der Waals surface area contributed by atoms with Gasteiger partial charge in [0.1, 0.15) is 0 Å². The first-order valence-corrected chi connectivity index (χ1v) is 11.2. The molecular weight excluding hydrogens is 396 g/mol. The first kappa shape index (κ1) is 23.4. The van der Waals surface area contributed by atoms with Crippen LogP contribution in [-0.4, -0.2) is 49.2 Å². The van der Waals surface area contributed by atoms with E-state index >= 15 is 0 Å². The van der Waals surface area contributed by atoms with Gasteiger partial charge in [0.05, 0.1) is 20.1 Å². The lowest BCUT2D eigenvalue weighted by molar-refractivity contribution is -0.145. The van der Waals surface area contributed by atoms with E-state index in [-0.39, 0.29) is 18.4 Å². The number of benzene rings is 1. The summed E-state index contributed by atoms with van der Waals surface area (Å²) in [5, 5.41) is 9.69. The Morgan fingerprint density at radius 2 is 1.84 bits per heavy atom. The van der Waals surface area contributed by atoms with Crippen molar-refractivity contribution in [1.82, 2.24) is 4.90 Å². The average Bonchev–Trinajstić information content (AvgIpc) is 2.71. The molecule has 1 saturated heterocycles. The Morgan fingerprint density at radius 3 is 2.42 bits per heavy atom. The average molecular weight is 433 g/mol. The van der Waals surface area contributed by atoms with E-state index in [0.29, 0.717) is 18.3 Å². The molecule has 2 aliphatic heterocycles. The number of carbonyl (C=O) groups excluding carboxylic acids is 1. The van der Waals surface area contributed by atoms with Crippen LogP contribution in [0.5, 0.6) is 11.5 Å². The van der Waals surface area contributed by atoms with E-state index in [2.05, 4.69) is 30.9 Å². The fourth-order valence-electron chi connectivity index (χ4n) is 5.55. The number of ether oxygens (including phenoxy) is 2. The molecule has 1 aromatic rings. The Kier molecular flexibility index (Phi) is 7.46. The highest BCUT2D eigenvalue weighted by Crippen LogP contribution is 2.47. The molecule has 172 valence electrons. The van der Waals surface area contributed by atoms with Gasteiger partial charge in [0, 0.05) is 25.6 Å². The SMILES string of the molecule is COc1cc2c(cc1OC)[C@H]1C[C@@H](CC(CC(N)=O)C(=O)O)[C@H](CC(C)C)CN1CC2. The van der Waals surface area contributed by atoms with Gasteiger partial charge in [0.2, 0.25) is 5.91 Å². The third-order valence-electron chi connectivity index (χ3n) is 6.93. The molecular formula is C24H36N2O5. The molecule has 0 radical (unpaired) electrons. The van der Waals surface area contributed by atoms with Crippen LogP contribution in [0.15, 0.2) is 12.1 Å². The van der Waals surface area contributed by atoms with Gasteiger partial charge in [-0.05, 0) is 66.7 Å². The monoisotopic (exact) mass is 432 g/mol. The number of primary amides is 1. The van der Waals surface area contributed by atoms with E-state index in [1.54, 1.807) is 14.2 Å². The Balaban J connectivity index is 1.90. The zero-order chi connectivity index (χ0) is 22.7. The molecule has 3 rings (SSSR count). The van der Waals surface area contributed by atoms with E-state index in [1.807, 2.05) is 0 Å². The fraction of sp³-hybridized carbons (Fsp3) is 0.667. The van der Waals surface area contributed by atoms with Gasteiger partial charge in [-0.3, -0.25) is 14.5 Å². The number of nitrogens with two attached hydrogens (primary N) is 1. The number of fused-ring (bicyclic) bond motifs is 3. The van der Waals surface area contributed by atoms with Gasteiger partial charge in [-0.1, -0.05) is 13.8 Å². The topological polar surface area (TPSA) is 102 Å². The number of rotatable bonds is 9. The number of carbonyl (C=O) groups is 2. The lowest BCUT2D eigenvalue weighted by atomic mass is 9.71. The molecule has 4 atom stereocenters. The minimum atomic E-state index is -0.931. The number of hydrogen-bond donors (Lipinski definition) is 2. The van der Waals surface area contributed by atoms with Gasteiger partial charge in [-0.2, -0.15) is 0 Å². The van der Waals surface area contributed by atoms with E-state index < -0.39 is 17.8 Å². The summed E-state index contributed by atoms with van der Waals surface area (Å²) in [7, 11) is 3.30. The summed E-state index contributed by atoms with van der Waals surface area (Å²) >= 11 is 0. The van der Waals surface area contributed by atoms with Crippen LogP contribution < -0.4 is 15.2 Å². The Hall–Kier alpha value is -2.28. The molecule has 0 bridgehead atoms. The predicted molar refractivity (Wildman–Crippen MR) is 118 cm³/mol. The number of aliphatic carboxylic acids is 1. The zero-order valence-corrected chi connectivity index (χ0v) is 19.1. The van der Waals surface area contributed by atoms with Gasteiger partial charge in [0.25, 0.3) is 0 Å². The second-order valence-electron chi connectivity index (χ2n) is 9.49. The number of hydrogen-bond acceptors (Lipinski definition) is 5. The summed E-state index contributed by atoms with van der Waals surface area (Å²) in [6.07, 6.45) is 3.28. The number of carboxylic acid groups (broad SMARTS) is 1. The van der Waals surface area contributed by atoms with Crippen LogP contribution in [0.1, 0.15) is 56.7 Å². The van der Waals surface area contributed by atoms with Crippen LogP contribution in [0, 0.1) is 23.7 Å². The van der Waals surface area contributed by atoms with Crippen molar-refractivity contribution in [1.29, 1.82) is 0 Å². The van der Waals surface area contributed by atoms with E-state index in [0.717, 1.165) is 43.9 Å². The van der Waals surface area contributed by atoms with Crippen LogP contribution in [0.3, 0.4) is 0 Å². The highest BCUT2D eigenvalue weighted by atomic mass is 16.5. The number of amides is 1. The third kappa shape index (κ3) is 5.32. The molecule has 3 N–H and O–H groups in total. The maximum absolute atomic E-state index is 11.8. The number of methoxy groups -OCH3 is 2. The standard InChI is InChI=1S/C24H36N2O5/c1-14(2)7-18-13-26-6-5-15-10-21(30-3)22(31-4)12-19(15)20(26)9-16(18)8-17(24(28)29)11-23(25)27/h10,12,14,16-18,20H,5-9,11,13H2,1-4H3,(H2,25,27)(H,28,29)/t16-,17?,18-,20-/m1/s1. The summed E-state index contributed by atoms with van der Waals surface area (Å²) in [6, 6.07) is 4.39. The number of carboxylic acids is 1. The molecule has 2 heterocycles. The van der Waals surface area contributed by atoms with Crippen molar-refractivity contribution in [2.75, 3.05) is 27.3 Å². The summed E-state index contributed by atoms with van der Waals surface area (Å²) in [6.45, 7) is 6.36. The smallest absolute Gasteiger partial charge is 0.307 e. The van der Waals surface area contributed by atoms with E-state index in [9.17, 15) is 14.7 Å². The minimum Gasteiger partial charge on any atom is -0.493 e. The second kappa shape index (κ2) is 9.90. The molecule has 1 amide bonds. The number of nitrogens with zero attached hydrogens (tertiary/aromatic N) is 1. The third-order valence-corrected chi connectivity index (χ3v) is 6.93. The fourth-order valence-corrected chi connectivity index (χ4v) is 5.55. The van der Waals surface area contributed by atoms with Crippen LogP contribution in [-0.2, 0) is 16.0 Å². The van der Waals surface area contributed by atoms with Crippen LogP contribution in [0.25, 0.3) is 0 Å². The second-order valence-corrected chi connectivity index (χ2v) is 9.49. The van der Waals surface area contributed by atoms with Crippen molar-refractivity contribution in [3.05, 3.63) is 23.3 Å². The van der Waals surface area contributed by atoms with E-state index in [1.165, 1.54) is 11.1 Å². The van der Waals surface area contributed by atoms with Crippen molar-refractivity contribution in [2.45, 2.75) is 52.0 Å². The van der Waals surface area contributed by atoms with Crippen molar-refractivity contribution >= 4 is 11.9 Å². The van der Waals surface area contributed by atoms with Crippen LogP contribution in [0.4, 0.5) is 0 Å². The largest absolute Gasteiger partial charge is 0.493 e. The first-order valence-electron chi connectivity index (χ1n) is 11.2. The van der Waals surface area contributed by atoms with Crippen molar-refractivity contribution in [3.63, 3.8) is 0 Å². The molecule has 31 heavy (non-hydrogen) atoms. The quantitative estimate of drug-likeness (QED) is 0.621. The van der Waals surface area contributed by atoms with Crippen LogP contribution in [0.2, 0.25) is 0 Å². The lowest BCUT2D eigenvalue weighted by Crippen LogP contribution is -2.47. The highest BCUT2D eigenvalue weighted by molar-refractivity contribution is 5.81. The van der Waals surface area contributed by atoms with E-state index in [4.69, 9.17) is 15.2 Å². The summed E-state index contributed by atoms with van der Waals surface area (Å²) in [5.41, 5.74) is 7.86. The summed E-state index contributed by atoms with van der Waals surface area (Å²) in [5.74, 6) is 0.427. The van der Waals surface area contributed by atoms with Crippen molar-refractivity contribution in [3.8, 4) is 11.5 Å². The lowest BCUT2D eigenvalue weighted by Gasteiger charge is -2.48. The molecule has 0 saturated carbocycles. The molecule has 0 aliphatic carbocycles. The Morgan fingerprint density at radius 1 is 1.16 bits per heavy atom. The summed E-state index contributed by atoms with van der Waals surface area (Å²) < 4.78 is 11.0. The molecule has 2 aliphatic rings. The van der Waals surface area contributed by atoms with Gasteiger partial charge in [0.15, 0.2) is 11.5 Å². The predicted octanol–water partition coefficient (Wildman–Crippen LogP) is 3.25. The Bertz CT molecular complexity index is 809. The van der Waals surface area contributed by atoms with Crippen molar-refractivity contribution in [2.24, 2.45) is 29.4 Å². The van der Waals surface area contributed by atoms with Gasteiger partial charge < -0.3 is 20.3 Å². The molecule has 1 unspecified atom stereocenters.